The van der Waals surface area contributed by atoms with Crippen LogP contribution in [0.15, 0.2) is 22.6 Å². The maximum atomic E-state index is 5.40. The van der Waals surface area contributed by atoms with Crippen molar-refractivity contribution in [3.05, 3.63) is 23.8 Å². The standard InChI is InChI=1S/C12H15N3O2/c1-7(2)8-4-5-9(10(6-8)16-3)11-14-15-12(13)17-11/h4-7H,1-3H3,(H2,13,15). The second-order valence-electron chi connectivity index (χ2n) is 4.06. The lowest BCUT2D eigenvalue weighted by atomic mass is 10.0. The molecule has 2 N–H and O–H groups in total. The highest BCUT2D eigenvalue weighted by Gasteiger charge is 2.13. The average Bonchev–Trinajstić information content (AvgIpc) is 2.74. The summed E-state index contributed by atoms with van der Waals surface area (Å²) in [5.41, 5.74) is 7.35. The van der Waals surface area contributed by atoms with Crippen molar-refractivity contribution in [1.82, 2.24) is 10.2 Å². The molecule has 0 atom stereocenters. The van der Waals surface area contributed by atoms with Gasteiger partial charge in [0.1, 0.15) is 5.75 Å². The van der Waals surface area contributed by atoms with Gasteiger partial charge in [0.25, 0.3) is 5.89 Å². The highest BCUT2D eigenvalue weighted by atomic mass is 16.5. The van der Waals surface area contributed by atoms with E-state index in [4.69, 9.17) is 14.9 Å². The van der Waals surface area contributed by atoms with Crippen molar-refractivity contribution in [3.63, 3.8) is 0 Å². The third-order valence-corrected chi connectivity index (χ3v) is 2.56. The molecule has 0 saturated carbocycles. The Morgan fingerprint density at radius 1 is 1.29 bits per heavy atom. The Balaban J connectivity index is 2.48. The first kappa shape index (κ1) is 11.4. The Kier molecular flexibility index (Phi) is 2.99. The lowest BCUT2D eigenvalue weighted by Gasteiger charge is -2.10. The topological polar surface area (TPSA) is 74.2 Å². The zero-order valence-corrected chi connectivity index (χ0v) is 10.1. The maximum Gasteiger partial charge on any atom is 0.313 e. The molecule has 0 unspecified atom stereocenters. The number of hydrogen-bond donors (Lipinski definition) is 1. The number of hydrogen-bond acceptors (Lipinski definition) is 5. The molecule has 2 rings (SSSR count). The number of nitrogens with zero attached hydrogens (tertiary/aromatic N) is 2. The molecular weight excluding hydrogens is 218 g/mol. The molecule has 0 aliphatic heterocycles. The summed E-state index contributed by atoms with van der Waals surface area (Å²) in [6.07, 6.45) is 0. The smallest absolute Gasteiger partial charge is 0.313 e. The monoisotopic (exact) mass is 233 g/mol. The SMILES string of the molecule is COc1cc(C(C)C)ccc1-c1nnc(N)o1. The second-order valence-corrected chi connectivity index (χ2v) is 4.06. The van der Waals surface area contributed by atoms with Crippen molar-refractivity contribution in [2.75, 3.05) is 12.8 Å². The molecule has 5 nitrogen and oxygen atoms in total. The number of nitrogens with two attached hydrogens (primary N) is 1. The molecule has 1 heterocycles. The van der Waals surface area contributed by atoms with Gasteiger partial charge in [-0.25, -0.2) is 0 Å². The molecule has 0 bridgehead atoms. The van der Waals surface area contributed by atoms with Gasteiger partial charge in [-0.3, -0.25) is 0 Å². The average molecular weight is 233 g/mol. The number of methoxy groups -OCH3 is 1. The van der Waals surface area contributed by atoms with E-state index in [1.807, 2.05) is 18.2 Å². The van der Waals surface area contributed by atoms with Crippen LogP contribution in [0.5, 0.6) is 5.75 Å². The molecule has 1 aromatic carbocycles. The number of nitrogen functional groups attached to an aromatic ring is 1. The Hall–Kier alpha value is -2.04. The first-order valence-corrected chi connectivity index (χ1v) is 5.39. The molecule has 5 heteroatoms. The minimum Gasteiger partial charge on any atom is -0.496 e. The van der Waals surface area contributed by atoms with Gasteiger partial charge < -0.3 is 14.9 Å². The molecule has 0 radical (unpaired) electrons. The molecule has 1 aromatic heterocycles. The fraction of sp³-hybridized carbons (Fsp3) is 0.333. The van der Waals surface area contributed by atoms with Crippen molar-refractivity contribution < 1.29 is 9.15 Å². The van der Waals surface area contributed by atoms with Crippen LogP contribution in [0.2, 0.25) is 0 Å². The van der Waals surface area contributed by atoms with Crippen LogP contribution in [-0.4, -0.2) is 17.3 Å². The van der Waals surface area contributed by atoms with Crippen molar-refractivity contribution >= 4 is 6.01 Å². The summed E-state index contributed by atoms with van der Waals surface area (Å²) in [5, 5.41) is 7.48. The number of benzene rings is 1. The van der Waals surface area contributed by atoms with Crippen LogP contribution >= 0.6 is 0 Å². The van der Waals surface area contributed by atoms with Crippen LogP contribution in [0, 0.1) is 0 Å². The second kappa shape index (κ2) is 4.45. The van der Waals surface area contributed by atoms with Gasteiger partial charge in [-0.1, -0.05) is 25.0 Å². The molecule has 2 aromatic rings. The molecule has 0 amide bonds. The van der Waals surface area contributed by atoms with E-state index in [2.05, 4.69) is 24.0 Å². The van der Waals surface area contributed by atoms with E-state index in [1.54, 1.807) is 7.11 Å². The Bertz CT molecular complexity index is 520. The number of aromatic nitrogens is 2. The summed E-state index contributed by atoms with van der Waals surface area (Å²) in [6.45, 7) is 4.25. The van der Waals surface area contributed by atoms with Crippen LogP contribution < -0.4 is 10.5 Å². The molecule has 0 saturated heterocycles. The van der Waals surface area contributed by atoms with E-state index in [0.29, 0.717) is 17.6 Å². The Morgan fingerprint density at radius 3 is 2.59 bits per heavy atom. The van der Waals surface area contributed by atoms with Gasteiger partial charge >= 0.3 is 6.01 Å². The van der Waals surface area contributed by atoms with Crippen molar-refractivity contribution in [1.29, 1.82) is 0 Å². The summed E-state index contributed by atoms with van der Waals surface area (Å²) in [7, 11) is 1.61. The van der Waals surface area contributed by atoms with E-state index in [-0.39, 0.29) is 6.01 Å². The van der Waals surface area contributed by atoms with Crippen LogP contribution in [-0.2, 0) is 0 Å². The van der Waals surface area contributed by atoms with Gasteiger partial charge in [-0.2, -0.15) is 0 Å². The van der Waals surface area contributed by atoms with Crippen molar-refractivity contribution in [2.24, 2.45) is 0 Å². The molecule has 17 heavy (non-hydrogen) atoms. The van der Waals surface area contributed by atoms with Crippen LogP contribution in [0.4, 0.5) is 6.01 Å². The van der Waals surface area contributed by atoms with Crippen molar-refractivity contribution in [2.45, 2.75) is 19.8 Å². The fourth-order valence-electron chi connectivity index (χ4n) is 1.59. The maximum absolute atomic E-state index is 5.40. The lowest BCUT2D eigenvalue weighted by molar-refractivity contribution is 0.413. The normalized spacial score (nSPS) is 10.8. The van der Waals surface area contributed by atoms with Crippen LogP contribution in [0.25, 0.3) is 11.5 Å². The predicted molar refractivity (Wildman–Crippen MR) is 64.8 cm³/mol. The third-order valence-electron chi connectivity index (χ3n) is 2.56. The quantitative estimate of drug-likeness (QED) is 0.881. The minimum atomic E-state index is 0.0509. The molecule has 90 valence electrons. The van der Waals surface area contributed by atoms with E-state index in [1.165, 1.54) is 5.56 Å². The largest absolute Gasteiger partial charge is 0.496 e. The molecule has 0 aliphatic rings. The zero-order valence-electron chi connectivity index (χ0n) is 10.1. The fourth-order valence-corrected chi connectivity index (χ4v) is 1.59. The highest BCUT2D eigenvalue weighted by Crippen LogP contribution is 2.32. The lowest BCUT2D eigenvalue weighted by Crippen LogP contribution is -1.93. The zero-order chi connectivity index (χ0) is 12.4. The van der Waals surface area contributed by atoms with E-state index < -0.39 is 0 Å². The highest BCUT2D eigenvalue weighted by molar-refractivity contribution is 5.63. The molecule has 0 spiro atoms. The van der Waals surface area contributed by atoms with E-state index in [0.717, 1.165) is 5.56 Å². The van der Waals surface area contributed by atoms with Crippen LogP contribution in [0.1, 0.15) is 25.3 Å². The molecular formula is C12H15N3O2. The Labute approximate surface area is 99.6 Å². The first-order valence-electron chi connectivity index (χ1n) is 5.39. The van der Waals surface area contributed by atoms with Gasteiger partial charge in [-0.15, -0.1) is 5.10 Å². The summed E-state index contributed by atoms with van der Waals surface area (Å²) < 4.78 is 10.5. The predicted octanol–water partition coefficient (Wildman–Crippen LogP) is 2.45. The summed E-state index contributed by atoms with van der Waals surface area (Å²) in [6, 6.07) is 5.94. The number of anilines is 1. The summed E-state index contributed by atoms with van der Waals surface area (Å²) in [5.74, 6) is 1.51. The first-order chi connectivity index (χ1) is 8.11. The number of ether oxygens (including phenoxy) is 1. The Morgan fingerprint density at radius 2 is 2.06 bits per heavy atom. The van der Waals surface area contributed by atoms with E-state index >= 15 is 0 Å². The van der Waals surface area contributed by atoms with Gasteiger partial charge in [0.15, 0.2) is 0 Å². The van der Waals surface area contributed by atoms with Gasteiger partial charge in [-0.05, 0) is 23.6 Å². The van der Waals surface area contributed by atoms with Crippen molar-refractivity contribution in [3.8, 4) is 17.2 Å². The van der Waals surface area contributed by atoms with Gasteiger partial charge in [0.05, 0.1) is 12.7 Å². The third kappa shape index (κ3) is 2.22. The van der Waals surface area contributed by atoms with Gasteiger partial charge in [0.2, 0.25) is 0 Å². The molecule has 0 fully saturated rings. The van der Waals surface area contributed by atoms with E-state index in [9.17, 15) is 0 Å². The van der Waals surface area contributed by atoms with Gasteiger partial charge in [0, 0.05) is 0 Å². The number of rotatable bonds is 3. The minimum absolute atomic E-state index is 0.0509. The summed E-state index contributed by atoms with van der Waals surface area (Å²) >= 11 is 0. The summed E-state index contributed by atoms with van der Waals surface area (Å²) in [4.78, 5) is 0. The molecule has 0 aliphatic carbocycles. The van der Waals surface area contributed by atoms with Crippen LogP contribution in [0.3, 0.4) is 0 Å².